The van der Waals surface area contributed by atoms with E-state index in [1.54, 1.807) is 12.1 Å². The predicted octanol–water partition coefficient (Wildman–Crippen LogP) is 1.85. The van der Waals surface area contributed by atoms with Crippen LogP contribution in [0.5, 0.6) is 0 Å². The third kappa shape index (κ3) is 3.83. The average molecular weight is 242 g/mol. The second-order valence-electron chi connectivity index (χ2n) is 3.58. The first-order valence-electron chi connectivity index (χ1n) is 5.30. The van der Waals surface area contributed by atoms with Crippen molar-refractivity contribution in [2.75, 3.05) is 6.54 Å². The molecule has 2 atom stereocenters. The zero-order chi connectivity index (χ0) is 12.0. The minimum Gasteiger partial charge on any atom is -0.391 e. The molecular formula is C12H16ClNO2. The fraction of sp³-hybridized carbons (Fsp3) is 0.417. The number of aliphatic hydroxyl groups excluding tert-OH is 1. The van der Waals surface area contributed by atoms with Gasteiger partial charge in [-0.2, -0.15) is 0 Å². The van der Waals surface area contributed by atoms with Crippen molar-refractivity contribution in [2.24, 2.45) is 0 Å². The van der Waals surface area contributed by atoms with Gasteiger partial charge in [-0.05, 0) is 12.0 Å². The highest BCUT2D eigenvalue weighted by Gasteiger charge is 2.17. The van der Waals surface area contributed by atoms with Gasteiger partial charge in [0.25, 0.3) is 0 Å². The molecule has 0 aliphatic heterocycles. The van der Waals surface area contributed by atoms with Crippen LogP contribution in [0.2, 0.25) is 0 Å². The van der Waals surface area contributed by atoms with Gasteiger partial charge in [-0.3, -0.25) is 4.79 Å². The molecule has 0 fully saturated rings. The number of aliphatic hydroxyl groups is 1. The predicted molar refractivity (Wildman–Crippen MR) is 64.3 cm³/mol. The molecule has 0 saturated carbocycles. The molecule has 16 heavy (non-hydrogen) atoms. The standard InChI is InChI=1S/C12H16ClNO2/c1-2-10(15)8-14-12(16)11(13)9-6-4-3-5-7-9/h3-7,10-11,15H,2,8H2,1H3,(H,14,16). The molecule has 2 unspecified atom stereocenters. The molecule has 0 radical (unpaired) electrons. The van der Waals surface area contributed by atoms with Gasteiger partial charge in [0, 0.05) is 6.54 Å². The summed E-state index contributed by atoms with van der Waals surface area (Å²) in [5, 5.41) is 11.2. The van der Waals surface area contributed by atoms with Gasteiger partial charge < -0.3 is 10.4 Å². The number of hydrogen-bond acceptors (Lipinski definition) is 2. The highest BCUT2D eigenvalue weighted by atomic mass is 35.5. The Kier molecular flexibility index (Phi) is 5.29. The highest BCUT2D eigenvalue weighted by molar-refractivity contribution is 6.30. The summed E-state index contributed by atoms with van der Waals surface area (Å²) in [6.07, 6.45) is 0.0991. The van der Waals surface area contributed by atoms with E-state index in [0.29, 0.717) is 6.42 Å². The number of nitrogens with one attached hydrogen (secondary N) is 1. The van der Waals surface area contributed by atoms with Gasteiger partial charge in [-0.25, -0.2) is 0 Å². The maximum Gasteiger partial charge on any atom is 0.242 e. The smallest absolute Gasteiger partial charge is 0.242 e. The molecular weight excluding hydrogens is 226 g/mol. The van der Waals surface area contributed by atoms with Crippen molar-refractivity contribution in [3.8, 4) is 0 Å². The molecule has 0 aromatic heterocycles. The average Bonchev–Trinajstić information content (AvgIpc) is 2.35. The van der Waals surface area contributed by atoms with Crippen LogP contribution < -0.4 is 5.32 Å². The molecule has 0 bridgehead atoms. The van der Waals surface area contributed by atoms with E-state index in [1.807, 2.05) is 25.1 Å². The van der Waals surface area contributed by atoms with Gasteiger partial charge in [0.05, 0.1) is 6.10 Å². The molecule has 4 heteroatoms. The molecule has 3 nitrogen and oxygen atoms in total. The number of amides is 1. The summed E-state index contributed by atoms with van der Waals surface area (Å²) in [6.45, 7) is 2.09. The van der Waals surface area contributed by atoms with Crippen molar-refractivity contribution in [3.63, 3.8) is 0 Å². The third-order valence-electron chi connectivity index (χ3n) is 2.31. The molecule has 0 spiro atoms. The van der Waals surface area contributed by atoms with E-state index in [1.165, 1.54) is 0 Å². The van der Waals surface area contributed by atoms with Crippen LogP contribution in [0.25, 0.3) is 0 Å². The highest BCUT2D eigenvalue weighted by Crippen LogP contribution is 2.19. The van der Waals surface area contributed by atoms with Gasteiger partial charge in [0.2, 0.25) is 5.91 Å². The number of hydrogen-bond donors (Lipinski definition) is 2. The molecule has 2 N–H and O–H groups in total. The molecule has 0 aliphatic rings. The number of alkyl halides is 1. The summed E-state index contributed by atoms with van der Waals surface area (Å²) in [7, 11) is 0. The lowest BCUT2D eigenvalue weighted by molar-refractivity contribution is -0.121. The molecule has 0 aliphatic carbocycles. The summed E-state index contributed by atoms with van der Waals surface area (Å²) in [5.41, 5.74) is 0.757. The first-order valence-corrected chi connectivity index (χ1v) is 5.73. The van der Waals surface area contributed by atoms with Gasteiger partial charge in [-0.15, -0.1) is 11.6 Å². The van der Waals surface area contributed by atoms with E-state index in [0.717, 1.165) is 5.56 Å². The van der Waals surface area contributed by atoms with Crippen molar-refractivity contribution >= 4 is 17.5 Å². The summed E-state index contributed by atoms with van der Waals surface area (Å²) in [5.74, 6) is -0.277. The Labute approximate surface area is 100 Å². The quantitative estimate of drug-likeness (QED) is 0.773. The largest absolute Gasteiger partial charge is 0.391 e. The number of carbonyl (C=O) groups is 1. The lowest BCUT2D eigenvalue weighted by Crippen LogP contribution is -2.33. The third-order valence-corrected chi connectivity index (χ3v) is 2.76. The fourth-order valence-electron chi connectivity index (χ4n) is 1.23. The van der Waals surface area contributed by atoms with Crippen molar-refractivity contribution in [1.29, 1.82) is 0 Å². The Bertz CT molecular complexity index is 329. The Hall–Kier alpha value is -1.06. The van der Waals surface area contributed by atoms with E-state index in [9.17, 15) is 9.90 Å². The zero-order valence-electron chi connectivity index (χ0n) is 9.19. The Morgan fingerprint density at radius 3 is 2.62 bits per heavy atom. The van der Waals surface area contributed by atoms with Crippen LogP contribution in [0.3, 0.4) is 0 Å². The number of halogens is 1. The van der Waals surface area contributed by atoms with Gasteiger partial charge >= 0.3 is 0 Å². The fourth-order valence-corrected chi connectivity index (χ4v) is 1.45. The molecule has 1 rings (SSSR count). The van der Waals surface area contributed by atoms with Crippen LogP contribution in [0, 0.1) is 0 Å². The normalized spacial score (nSPS) is 14.2. The molecule has 88 valence electrons. The lowest BCUT2D eigenvalue weighted by Gasteiger charge is -2.13. The van der Waals surface area contributed by atoms with Crippen LogP contribution >= 0.6 is 11.6 Å². The van der Waals surface area contributed by atoms with Crippen LogP contribution in [0.1, 0.15) is 24.3 Å². The van der Waals surface area contributed by atoms with Crippen LogP contribution in [-0.2, 0) is 4.79 Å². The summed E-state index contributed by atoms with van der Waals surface area (Å²) in [4.78, 5) is 11.6. The second kappa shape index (κ2) is 6.51. The molecule has 1 aromatic rings. The van der Waals surface area contributed by atoms with Gasteiger partial charge in [0.1, 0.15) is 5.38 Å². The maximum absolute atomic E-state index is 11.6. The summed E-state index contributed by atoms with van der Waals surface area (Å²) in [6, 6.07) is 9.13. The molecule has 0 saturated heterocycles. The van der Waals surface area contributed by atoms with Crippen LogP contribution in [0.4, 0.5) is 0 Å². The Morgan fingerprint density at radius 1 is 1.44 bits per heavy atom. The maximum atomic E-state index is 11.6. The monoisotopic (exact) mass is 241 g/mol. The lowest BCUT2D eigenvalue weighted by atomic mass is 10.1. The molecule has 0 heterocycles. The van der Waals surface area contributed by atoms with Crippen molar-refractivity contribution < 1.29 is 9.90 Å². The topological polar surface area (TPSA) is 49.3 Å². The van der Waals surface area contributed by atoms with E-state index in [4.69, 9.17) is 11.6 Å². The Balaban J connectivity index is 2.49. The van der Waals surface area contributed by atoms with Gasteiger partial charge in [-0.1, -0.05) is 37.3 Å². The van der Waals surface area contributed by atoms with E-state index in [-0.39, 0.29) is 12.5 Å². The minimum absolute atomic E-state index is 0.241. The van der Waals surface area contributed by atoms with Crippen LogP contribution in [0.15, 0.2) is 30.3 Å². The SMILES string of the molecule is CCC(O)CNC(=O)C(Cl)c1ccccc1. The molecule has 1 amide bonds. The van der Waals surface area contributed by atoms with E-state index in [2.05, 4.69) is 5.32 Å². The Morgan fingerprint density at radius 2 is 2.06 bits per heavy atom. The zero-order valence-corrected chi connectivity index (χ0v) is 9.95. The number of carbonyl (C=O) groups excluding carboxylic acids is 1. The summed E-state index contributed by atoms with van der Waals surface area (Å²) < 4.78 is 0. The van der Waals surface area contributed by atoms with Crippen LogP contribution in [-0.4, -0.2) is 23.7 Å². The van der Waals surface area contributed by atoms with Crippen molar-refractivity contribution in [1.82, 2.24) is 5.32 Å². The van der Waals surface area contributed by atoms with Crippen molar-refractivity contribution in [2.45, 2.75) is 24.8 Å². The molecule has 1 aromatic carbocycles. The summed E-state index contributed by atoms with van der Waals surface area (Å²) >= 11 is 5.99. The first-order chi connectivity index (χ1) is 7.65. The van der Waals surface area contributed by atoms with E-state index >= 15 is 0 Å². The minimum atomic E-state index is -0.703. The van der Waals surface area contributed by atoms with E-state index < -0.39 is 11.5 Å². The number of rotatable bonds is 5. The van der Waals surface area contributed by atoms with Crippen molar-refractivity contribution in [3.05, 3.63) is 35.9 Å². The number of benzene rings is 1. The van der Waals surface area contributed by atoms with Gasteiger partial charge in [0.15, 0.2) is 0 Å². The second-order valence-corrected chi connectivity index (χ2v) is 4.02. The first kappa shape index (κ1) is 13.0.